The lowest BCUT2D eigenvalue weighted by molar-refractivity contribution is 0.414. The molecule has 0 saturated heterocycles. The molecular formula is C14H13F2NO3S. The van der Waals surface area contributed by atoms with Crippen LogP contribution in [0.15, 0.2) is 47.4 Å². The van der Waals surface area contributed by atoms with Gasteiger partial charge in [0.05, 0.1) is 7.11 Å². The van der Waals surface area contributed by atoms with Gasteiger partial charge in [-0.05, 0) is 29.8 Å². The average molecular weight is 313 g/mol. The number of methoxy groups -OCH3 is 1. The highest BCUT2D eigenvalue weighted by Gasteiger charge is 2.23. The van der Waals surface area contributed by atoms with Crippen molar-refractivity contribution < 1.29 is 21.9 Å². The maximum Gasteiger partial charge on any atom is 0.246 e. The first kappa shape index (κ1) is 15.4. The molecule has 7 heteroatoms. The molecule has 0 heterocycles. The Morgan fingerprint density at radius 1 is 1.05 bits per heavy atom. The van der Waals surface area contributed by atoms with E-state index in [1.165, 1.54) is 7.11 Å². The van der Waals surface area contributed by atoms with Gasteiger partial charge in [0.25, 0.3) is 0 Å². The summed E-state index contributed by atoms with van der Waals surface area (Å²) in [6, 6.07) is 9.52. The van der Waals surface area contributed by atoms with Crippen LogP contribution in [-0.4, -0.2) is 15.5 Å². The molecule has 0 saturated carbocycles. The fraction of sp³-hybridized carbons (Fsp3) is 0.143. The van der Waals surface area contributed by atoms with E-state index >= 15 is 0 Å². The molecule has 2 aromatic rings. The van der Waals surface area contributed by atoms with Crippen LogP contribution in [0.3, 0.4) is 0 Å². The highest BCUT2D eigenvalue weighted by molar-refractivity contribution is 7.89. The number of hydrogen-bond acceptors (Lipinski definition) is 3. The summed E-state index contributed by atoms with van der Waals surface area (Å²) in [5.74, 6) is -1.63. The second-order valence-electron chi connectivity index (χ2n) is 4.22. The molecule has 21 heavy (non-hydrogen) atoms. The van der Waals surface area contributed by atoms with Gasteiger partial charge in [0.2, 0.25) is 10.0 Å². The molecule has 0 amide bonds. The molecule has 0 atom stereocenters. The van der Waals surface area contributed by atoms with Gasteiger partial charge in [-0.25, -0.2) is 21.9 Å². The molecule has 0 unspecified atom stereocenters. The van der Waals surface area contributed by atoms with Crippen molar-refractivity contribution >= 4 is 10.0 Å². The quantitative estimate of drug-likeness (QED) is 0.922. The molecule has 4 nitrogen and oxygen atoms in total. The molecule has 2 aromatic carbocycles. The molecule has 0 aliphatic heterocycles. The van der Waals surface area contributed by atoms with Crippen LogP contribution < -0.4 is 9.46 Å². The maximum absolute atomic E-state index is 13.5. The standard InChI is InChI=1S/C14H13F2NO3S/c1-20-11-7-5-10(6-8-11)9-17-21(18,19)14-12(15)3-2-4-13(14)16/h2-8,17H,9H2,1H3. The number of hydrogen-bond donors (Lipinski definition) is 1. The Morgan fingerprint density at radius 3 is 2.14 bits per heavy atom. The Morgan fingerprint density at radius 2 is 1.62 bits per heavy atom. The first-order valence-electron chi connectivity index (χ1n) is 6.00. The topological polar surface area (TPSA) is 55.4 Å². The van der Waals surface area contributed by atoms with Gasteiger partial charge < -0.3 is 4.74 Å². The van der Waals surface area contributed by atoms with E-state index in [1.54, 1.807) is 24.3 Å². The van der Waals surface area contributed by atoms with Crippen LogP contribution in [0.4, 0.5) is 8.78 Å². The minimum absolute atomic E-state index is 0.0832. The second kappa shape index (κ2) is 6.19. The number of halogens is 2. The van der Waals surface area contributed by atoms with Crippen molar-refractivity contribution in [2.75, 3.05) is 7.11 Å². The van der Waals surface area contributed by atoms with Gasteiger partial charge in [-0.2, -0.15) is 0 Å². The van der Waals surface area contributed by atoms with Crippen LogP contribution in [0.5, 0.6) is 5.75 Å². The van der Waals surface area contributed by atoms with Gasteiger partial charge in [-0.15, -0.1) is 0 Å². The van der Waals surface area contributed by atoms with Crippen LogP contribution >= 0.6 is 0 Å². The molecule has 112 valence electrons. The van der Waals surface area contributed by atoms with E-state index in [9.17, 15) is 17.2 Å². The predicted molar refractivity (Wildman–Crippen MR) is 73.4 cm³/mol. The van der Waals surface area contributed by atoms with E-state index in [4.69, 9.17) is 4.74 Å². The van der Waals surface area contributed by atoms with Gasteiger partial charge in [-0.1, -0.05) is 18.2 Å². The van der Waals surface area contributed by atoms with Crippen LogP contribution in [-0.2, 0) is 16.6 Å². The molecule has 1 N–H and O–H groups in total. The van der Waals surface area contributed by atoms with Crippen molar-refractivity contribution in [1.82, 2.24) is 4.72 Å². The van der Waals surface area contributed by atoms with E-state index in [0.717, 1.165) is 18.2 Å². The number of ether oxygens (including phenoxy) is 1. The van der Waals surface area contributed by atoms with Crippen molar-refractivity contribution in [2.45, 2.75) is 11.4 Å². The molecule has 0 aromatic heterocycles. The summed E-state index contributed by atoms with van der Waals surface area (Å²) in [6.45, 7) is -0.0832. The van der Waals surface area contributed by atoms with Crippen LogP contribution in [0.25, 0.3) is 0 Å². The SMILES string of the molecule is COc1ccc(CNS(=O)(=O)c2c(F)cccc2F)cc1. The second-order valence-corrected chi connectivity index (χ2v) is 5.93. The van der Waals surface area contributed by atoms with Gasteiger partial charge in [-0.3, -0.25) is 0 Å². The van der Waals surface area contributed by atoms with Crippen LogP contribution in [0.2, 0.25) is 0 Å². The lowest BCUT2D eigenvalue weighted by Gasteiger charge is -2.09. The smallest absolute Gasteiger partial charge is 0.246 e. The van der Waals surface area contributed by atoms with Gasteiger partial charge in [0.15, 0.2) is 4.90 Å². The Balaban J connectivity index is 2.18. The zero-order valence-electron chi connectivity index (χ0n) is 11.1. The highest BCUT2D eigenvalue weighted by Crippen LogP contribution is 2.18. The van der Waals surface area contributed by atoms with Crippen molar-refractivity contribution in [1.29, 1.82) is 0 Å². The van der Waals surface area contributed by atoms with Crippen LogP contribution in [0, 0.1) is 11.6 Å². The van der Waals surface area contributed by atoms with Crippen molar-refractivity contribution in [3.63, 3.8) is 0 Å². The number of sulfonamides is 1. The van der Waals surface area contributed by atoms with Crippen LogP contribution in [0.1, 0.15) is 5.56 Å². The average Bonchev–Trinajstić information content (AvgIpc) is 2.45. The lowest BCUT2D eigenvalue weighted by Crippen LogP contribution is -2.25. The van der Waals surface area contributed by atoms with Gasteiger partial charge in [0.1, 0.15) is 17.4 Å². The summed E-state index contributed by atoms with van der Waals surface area (Å²) in [4.78, 5) is -0.974. The molecule has 0 bridgehead atoms. The third-order valence-electron chi connectivity index (χ3n) is 2.81. The Labute approximate surface area is 121 Å². The zero-order valence-corrected chi connectivity index (χ0v) is 12.0. The molecule has 2 rings (SSSR count). The lowest BCUT2D eigenvalue weighted by atomic mass is 10.2. The summed E-state index contributed by atoms with van der Waals surface area (Å²) >= 11 is 0. The first-order chi connectivity index (χ1) is 9.94. The normalized spacial score (nSPS) is 11.4. The monoisotopic (exact) mass is 313 g/mol. The zero-order chi connectivity index (χ0) is 15.5. The van der Waals surface area contributed by atoms with Crippen molar-refractivity contribution in [2.24, 2.45) is 0 Å². The number of rotatable bonds is 5. The summed E-state index contributed by atoms with van der Waals surface area (Å²) < 4.78 is 58.0. The molecule has 0 radical (unpaired) electrons. The minimum Gasteiger partial charge on any atom is -0.497 e. The van der Waals surface area contributed by atoms with E-state index in [0.29, 0.717) is 11.3 Å². The Bertz CT molecular complexity index is 710. The summed E-state index contributed by atoms with van der Waals surface area (Å²) in [5.41, 5.74) is 0.635. The molecular weight excluding hydrogens is 300 g/mol. The fourth-order valence-corrected chi connectivity index (χ4v) is 2.88. The van der Waals surface area contributed by atoms with Crippen molar-refractivity contribution in [3.8, 4) is 5.75 Å². The summed E-state index contributed by atoms with van der Waals surface area (Å²) in [5, 5.41) is 0. The van der Waals surface area contributed by atoms with E-state index in [2.05, 4.69) is 4.72 Å². The Hall–Kier alpha value is -1.99. The van der Waals surface area contributed by atoms with E-state index < -0.39 is 26.6 Å². The van der Waals surface area contributed by atoms with E-state index in [1.807, 2.05) is 0 Å². The van der Waals surface area contributed by atoms with Gasteiger partial charge >= 0.3 is 0 Å². The third kappa shape index (κ3) is 3.56. The Kier molecular flexibility index (Phi) is 4.54. The summed E-state index contributed by atoms with van der Waals surface area (Å²) in [6.07, 6.45) is 0. The summed E-state index contributed by atoms with van der Waals surface area (Å²) in [7, 11) is -2.75. The molecule has 0 aliphatic rings. The third-order valence-corrected chi connectivity index (χ3v) is 4.26. The molecule has 0 spiro atoms. The number of benzene rings is 2. The van der Waals surface area contributed by atoms with Gasteiger partial charge in [0, 0.05) is 6.54 Å². The fourth-order valence-electron chi connectivity index (χ4n) is 1.73. The maximum atomic E-state index is 13.5. The van der Waals surface area contributed by atoms with Crippen molar-refractivity contribution in [3.05, 3.63) is 59.7 Å². The minimum atomic E-state index is -4.27. The molecule has 0 fully saturated rings. The largest absolute Gasteiger partial charge is 0.497 e. The van der Waals surface area contributed by atoms with E-state index in [-0.39, 0.29) is 6.54 Å². The predicted octanol–water partition coefficient (Wildman–Crippen LogP) is 2.45. The first-order valence-corrected chi connectivity index (χ1v) is 7.49. The molecule has 0 aliphatic carbocycles. The highest BCUT2D eigenvalue weighted by atomic mass is 32.2. The number of nitrogens with one attached hydrogen (secondary N) is 1.